The zero-order valence-electron chi connectivity index (χ0n) is 20.0. The van der Waals surface area contributed by atoms with Crippen molar-refractivity contribution in [2.24, 2.45) is 0 Å². The van der Waals surface area contributed by atoms with Gasteiger partial charge in [0.25, 0.3) is 5.91 Å². The molecule has 0 saturated carbocycles. The van der Waals surface area contributed by atoms with E-state index < -0.39 is 0 Å². The van der Waals surface area contributed by atoms with Gasteiger partial charge >= 0.3 is 0 Å². The number of aryl methyl sites for hydroxylation is 1. The molecule has 0 aliphatic carbocycles. The minimum Gasteiger partial charge on any atom is -0.319 e. The predicted octanol–water partition coefficient (Wildman–Crippen LogP) is 4.87. The van der Waals surface area contributed by atoms with E-state index in [0.717, 1.165) is 34.7 Å². The van der Waals surface area contributed by atoms with Gasteiger partial charge in [-0.05, 0) is 32.9 Å². The van der Waals surface area contributed by atoms with E-state index in [1.807, 2.05) is 89.3 Å². The van der Waals surface area contributed by atoms with E-state index in [9.17, 15) is 4.79 Å². The molecule has 5 aromatic rings. The zero-order chi connectivity index (χ0) is 24.4. The molecule has 0 aliphatic rings. The Labute approximate surface area is 203 Å². The summed E-state index contributed by atoms with van der Waals surface area (Å²) in [7, 11) is 0. The summed E-state index contributed by atoms with van der Waals surface area (Å²) in [6, 6.07) is 19.6. The summed E-state index contributed by atoms with van der Waals surface area (Å²) < 4.78 is 5.58. The lowest BCUT2D eigenvalue weighted by Crippen LogP contribution is -2.14. The van der Waals surface area contributed by atoms with Crippen LogP contribution in [0.4, 0.5) is 5.69 Å². The second-order valence-electron chi connectivity index (χ2n) is 8.37. The fourth-order valence-electron chi connectivity index (χ4n) is 4.23. The van der Waals surface area contributed by atoms with Gasteiger partial charge < -0.3 is 5.32 Å². The van der Waals surface area contributed by atoms with Crippen LogP contribution in [0.2, 0.25) is 0 Å². The van der Waals surface area contributed by atoms with Crippen molar-refractivity contribution in [1.29, 1.82) is 0 Å². The third kappa shape index (κ3) is 4.38. The van der Waals surface area contributed by atoms with E-state index >= 15 is 0 Å². The lowest BCUT2D eigenvalue weighted by Gasteiger charge is -2.06. The molecule has 8 nitrogen and oxygen atoms in total. The largest absolute Gasteiger partial charge is 0.319 e. The monoisotopic (exact) mass is 465 g/mol. The number of hydrogen-bond donors (Lipinski definition) is 1. The first-order valence-electron chi connectivity index (χ1n) is 11.6. The van der Waals surface area contributed by atoms with Gasteiger partial charge in [0, 0.05) is 29.6 Å². The van der Waals surface area contributed by atoms with Gasteiger partial charge in [0.05, 0.1) is 41.6 Å². The first kappa shape index (κ1) is 22.3. The van der Waals surface area contributed by atoms with Gasteiger partial charge in [-0.3, -0.25) is 14.2 Å². The highest BCUT2D eigenvalue weighted by Gasteiger charge is 2.23. The highest BCUT2D eigenvalue weighted by molar-refractivity contribution is 6.09. The molecule has 2 aromatic carbocycles. The van der Waals surface area contributed by atoms with E-state index in [4.69, 9.17) is 5.10 Å². The van der Waals surface area contributed by atoms with Crippen molar-refractivity contribution in [3.63, 3.8) is 0 Å². The van der Waals surface area contributed by atoms with E-state index in [2.05, 4.69) is 29.4 Å². The molecule has 8 heteroatoms. The van der Waals surface area contributed by atoms with Crippen molar-refractivity contribution in [1.82, 2.24) is 29.3 Å². The summed E-state index contributed by atoms with van der Waals surface area (Å²) in [5.74, 6) is -0.224. The number of para-hydroxylation sites is 1. The third-order valence-corrected chi connectivity index (χ3v) is 6.12. The van der Waals surface area contributed by atoms with Crippen molar-refractivity contribution < 1.29 is 4.79 Å². The van der Waals surface area contributed by atoms with Gasteiger partial charge in [-0.25, -0.2) is 4.68 Å². The SMILES string of the molecule is CCn1ncc(Cn2cc(NC(=O)c3c(-c4ccccc4)nn(-c4ccccc4)c3C)cn2)c1C. The summed E-state index contributed by atoms with van der Waals surface area (Å²) in [5.41, 5.74) is 6.56. The number of benzene rings is 2. The Balaban J connectivity index is 1.44. The number of nitrogens with one attached hydrogen (secondary N) is 1. The maximum Gasteiger partial charge on any atom is 0.259 e. The normalized spacial score (nSPS) is 11.1. The van der Waals surface area contributed by atoms with Crippen molar-refractivity contribution >= 4 is 11.6 Å². The molecule has 0 spiro atoms. The number of hydrogen-bond acceptors (Lipinski definition) is 4. The Kier molecular flexibility index (Phi) is 6.01. The predicted molar refractivity (Wildman–Crippen MR) is 136 cm³/mol. The molecule has 3 heterocycles. The van der Waals surface area contributed by atoms with Crippen molar-refractivity contribution in [2.75, 3.05) is 5.32 Å². The molecule has 5 rings (SSSR count). The molecular weight excluding hydrogens is 438 g/mol. The molecule has 1 N–H and O–H groups in total. The highest BCUT2D eigenvalue weighted by Crippen LogP contribution is 2.28. The van der Waals surface area contributed by atoms with Gasteiger partial charge in [0.2, 0.25) is 0 Å². The molecule has 0 aliphatic heterocycles. The van der Waals surface area contributed by atoms with Crippen LogP contribution in [0.25, 0.3) is 16.9 Å². The van der Waals surface area contributed by atoms with Crippen LogP contribution < -0.4 is 5.32 Å². The Morgan fingerprint density at radius 1 is 0.914 bits per heavy atom. The van der Waals surface area contributed by atoms with Crippen molar-refractivity contribution in [2.45, 2.75) is 33.9 Å². The summed E-state index contributed by atoms with van der Waals surface area (Å²) in [6.45, 7) is 7.44. The standard InChI is InChI=1S/C27H27N7O/c1-4-33-19(2)22(15-29-33)17-32-18-23(16-28-32)30-27(35)25-20(3)34(24-13-9-6-10-14-24)31-26(25)21-11-7-5-8-12-21/h5-16,18H,4,17H2,1-3H3,(H,30,35). The van der Waals surface area contributed by atoms with Crippen molar-refractivity contribution in [3.05, 3.63) is 102 Å². The first-order chi connectivity index (χ1) is 17.0. The minimum absolute atomic E-state index is 0.224. The molecule has 0 unspecified atom stereocenters. The first-order valence-corrected chi connectivity index (χ1v) is 11.6. The van der Waals surface area contributed by atoms with Crippen LogP contribution in [0.5, 0.6) is 0 Å². The Hall–Kier alpha value is -4.46. The second-order valence-corrected chi connectivity index (χ2v) is 8.37. The average Bonchev–Trinajstić information content (AvgIpc) is 3.58. The number of carbonyl (C=O) groups is 1. The van der Waals surface area contributed by atoms with Crippen LogP contribution in [-0.4, -0.2) is 35.2 Å². The molecule has 0 fully saturated rings. The lowest BCUT2D eigenvalue weighted by atomic mass is 10.1. The Morgan fingerprint density at radius 3 is 2.31 bits per heavy atom. The van der Waals surface area contributed by atoms with Gasteiger partial charge in [-0.1, -0.05) is 48.5 Å². The van der Waals surface area contributed by atoms with E-state index in [0.29, 0.717) is 23.5 Å². The molecular formula is C27H27N7O. The number of aromatic nitrogens is 6. The molecule has 0 atom stereocenters. The van der Waals surface area contributed by atoms with Crippen molar-refractivity contribution in [3.8, 4) is 16.9 Å². The minimum atomic E-state index is -0.224. The van der Waals surface area contributed by atoms with Gasteiger partial charge in [0.15, 0.2) is 0 Å². The molecule has 0 radical (unpaired) electrons. The summed E-state index contributed by atoms with van der Waals surface area (Å²) in [6.07, 6.45) is 5.36. The summed E-state index contributed by atoms with van der Waals surface area (Å²) in [4.78, 5) is 13.5. The number of nitrogens with zero attached hydrogens (tertiary/aromatic N) is 6. The molecule has 0 saturated heterocycles. The zero-order valence-corrected chi connectivity index (χ0v) is 20.0. The van der Waals surface area contributed by atoms with Gasteiger partial charge in [-0.2, -0.15) is 15.3 Å². The summed E-state index contributed by atoms with van der Waals surface area (Å²) in [5, 5.41) is 16.7. The van der Waals surface area contributed by atoms with Crippen LogP contribution >= 0.6 is 0 Å². The van der Waals surface area contributed by atoms with E-state index in [1.165, 1.54) is 0 Å². The molecule has 176 valence electrons. The lowest BCUT2D eigenvalue weighted by molar-refractivity contribution is 0.102. The van der Waals surface area contributed by atoms with Crippen LogP contribution in [0.3, 0.4) is 0 Å². The smallest absolute Gasteiger partial charge is 0.259 e. The van der Waals surface area contributed by atoms with E-state index in [1.54, 1.807) is 10.9 Å². The van der Waals surface area contributed by atoms with Crippen LogP contribution in [0.15, 0.2) is 79.3 Å². The highest BCUT2D eigenvalue weighted by atomic mass is 16.1. The maximum atomic E-state index is 13.5. The van der Waals surface area contributed by atoms with E-state index in [-0.39, 0.29) is 5.91 Å². The Morgan fingerprint density at radius 2 is 1.63 bits per heavy atom. The van der Waals surface area contributed by atoms with Gasteiger partial charge in [0.1, 0.15) is 5.69 Å². The quantitative estimate of drug-likeness (QED) is 0.372. The Bertz CT molecular complexity index is 1460. The van der Waals surface area contributed by atoms with Crippen LogP contribution in [0, 0.1) is 13.8 Å². The number of carbonyl (C=O) groups excluding carboxylic acids is 1. The van der Waals surface area contributed by atoms with Crippen LogP contribution in [-0.2, 0) is 13.1 Å². The summed E-state index contributed by atoms with van der Waals surface area (Å²) >= 11 is 0. The third-order valence-electron chi connectivity index (χ3n) is 6.12. The molecule has 0 bridgehead atoms. The fraction of sp³-hybridized carbons (Fsp3) is 0.185. The molecule has 3 aromatic heterocycles. The number of anilines is 1. The maximum absolute atomic E-state index is 13.5. The number of amides is 1. The molecule has 1 amide bonds. The average molecular weight is 466 g/mol. The van der Waals surface area contributed by atoms with Gasteiger partial charge in [-0.15, -0.1) is 0 Å². The second kappa shape index (κ2) is 9.42. The molecule has 35 heavy (non-hydrogen) atoms. The number of rotatable bonds is 7. The van der Waals surface area contributed by atoms with Crippen LogP contribution in [0.1, 0.15) is 34.2 Å². The topological polar surface area (TPSA) is 82.6 Å². The fourth-order valence-corrected chi connectivity index (χ4v) is 4.23.